The minimum atomic E-state index is 0.325. The largest absolute Gasteiger partial charge is 0.396 e. The van der Waals surface area contributed by atoms with Crippen molar-refractivity contribution in [2.45, 2.75) is 31.7 Å². The molecule has 1 saturated heterocycles. The molecule has 2 rings (SSSR count). The zero-order chi connectivity index (χ0) is 11.2. The molecule has 0 unspecified atom stereocenters. The maximum atomic E-state index is 8.73. The Kier molecular flexibility index (Phi) is 4.36. The standard InChI is InChI=1S/C12H21N3O/c16-10-2-1-6-14-7-3-12(4-8-14)15-9-5-13-11-15/h5,9,11-12,16H,1-4,6-8,10H2. The molecule has 1 aromatic rings. The molecule has 0 aromatic carbocycles. The van der Waals surface area contributed by atoms with Crippen molar-refractivity contribution in [3.63, 3.8) is 0 Å². The third kappa shape index (κ3) is 3.06. The van der Waals surface area contributed by atoms with Gasteiger partial charge in [-0.3, -0.25) is 0 Å². The van der Waals surface area contributed by atoms with E-state index >= 15 is 0 Å². The summed E-state index contributed by atoms with van der Waals surface area (Å²) in [6.07, 6.45) is 10.3. The molecule has 90 valence electrons. The maximum absolute atomic E-state index is 8.73. The number of aliphatic hydroxyl groups is 1. The molecule has 0 bridgehead atoms. The second-order valence-corrected chi connectivity index (χ2v) is 4.51. The first-order valence-electron chi connectivity index (χ1n) is 6.21. The first-order chi connectivity index (χ1) is 7.90. The van der Waals surface area contributed by atoms with Crippen LogP contribution in [0.2, 0.25) is 0 Å². The molecule has 0 spiro atoms. The van der Waals surface area contributed by atoms with Crippen molar-refractivity contribution in [1.82, 2.24) is 14.5 Å². The van der Waals surface area contributed by atoms with Crippen molar-refractivity contribution in [1.29, 1.82) is 0 Å². The number of likely N-dealkylation sites (tertiary alicyclic amines) is 1. The van der Waals surface area contributed by atoms with Crippen LogP contribution >= 0.6 is 0 Å². The lowest BCUT2D eigenvalue weighted by Crippen LogP contribution is -2.35. The van der Waals surface area contributed by atoms with Gasteiger partial charge in [0.1, 0.15) is 0 Å². The quantitative estimate of drug-likeness (QED) is 0.765. The lowest BCUT2D eigenvalue weighted by atomic mass is 10.0. The lowest BCUT2D eigenvalue weighted by molar-refractivity contribution is 0.178. The molecule has 1 fully saturated rings. The van der Waals surface area contributed by atoms with Gasteiger partial charge in [0.05, 0.1) is 6.33 Å². The van der Waals surface area contributed by atoms with Gasteiger partial charge in [0.2, 0.25) is 0 Å². The molecule has 1 N–H and O–H groups in total. The fraction of sp³-hybridized carbons (Fsp3) is 0.750. The van der Waals surface area contributed by atoms with Crippen molar-refractivity contribution in [2.24, 2.45) is 0 Å². The van der Waals surface area contributed by atoms with Crippen LogP contribution in [0.25, 0.3) is 0 Å². The number of hydrogen-bond donors (Lipinski definition) is 1. The highest BCUT2D eigenvalue weighted by Gasteiger charge is 2.19. The normalized spacial score (nSPS) is 19.1. The van der Waals surface area contributed by atoms with E-state index in [9.17, 15) is 0 Å². The minimum Gasteiger partial charge on any atom is -0.396 e. The Balaban J connectivity index is 1.70. The first kappa shape index (κ1) is 11.6. The van der Waals surface area contributed by atoms with Crippen LogP contribution in [0.4, 0.5) is 0 Å². The third-order valence-corrected chi connectivity index (χ3v) is 3.39. The fourth-order valence-electron chi connectivity index (χ4n) is 2.37. The van der Waals surface area contributed by atoms with Crippen LogP contribution in [0.15, 0.2) is 18.7 Å². The number of nitrogens with zero attached hydrogens (tertiary/aromatic N) is 3. The van der Waals surface area contributed by atoms with Crippen LogP contribution in [-0.4, -0.2) is 45.8 Å². The van der Waals surface area contributed by atoms with Crippen molar-refractivity contribution in [2.75, 3.05) is 26.2 Å². The number of imidazole rings is 1. The predicted molar refractivity (Wildman–Crippen MR) is 63.3 cm³/mol. The molecule has 0 atom stereocenters. The van der Waals surface area contributed by atoms with Gasteiger partial charge in [-0.15, -0.1) is 0 Å². The molecule has 0 saturated carbocycles. The van der Waals surface area contributed by atoms with E-state index in [2.05, 4.69) is 20.6 Å². The highest BCUT2D eigenvalue weighted by molar-refractivity contribution is 4.84. The monoisotopic (exact) mass is 223 g/mol. The molecule has 1 aliphatic rings. The average molecular weight is 223 g/mol. The molecule has 16 heavy (non-hydrogen) atoms. The molecular formula is C12H21N3O. The van der Waals surface area contributed by atoms with Gasteiger partial charge in [0.15, 0.2) is 0 Å². The van der Waals surface area contributed by atoms with Crippen LogP contribution in [0, 0.1) is 0 Å². The number of piperidine rings is 1. The third-order valence-electron chi connectivity index (χ3n) is 3.39. The van der Waals surface area contributed by atoms with Crippen LogP contribution in [0.3, 0.4) is 0 Å². The summed E-state index contributed by atoms with van der Waals surface area (Å²) in [5.74, 6) is 0. The van der Waals surface area contributed by atoms with Crippen LogP contribution in [0.5, 0.6) is 0 Å². The first-order valence-corrected chi connectivity index (χ1v) is 6.21. The van der Waals surface area contributed by atoms with Gasteiger partial charge in [-0.2, -0.15) is 0 Å². The molecule has 1 aliphatic heterocycles. The zero-order valence-corrected chi connectivity index (χ0v) is 9.76. The molecular weight excluding hydrogens is 202 g/mol. The topological polar surface area (TPSA) is 41.3 Å². The molecule has 4 nitrogen and oxygen atoms in total. The summed E-state index contributed by atoms with van der Waals surface area (Å²) in [6, 6.07) is 0.636. The van der Waals surface area contributed by atoms with E-state index in [0.717, 1.165) is 19.4 Å². The summed E-state index contributed by atoms with van der Waals surface area (Å²) in [5.41, 5.74) is 0. The van der Waals surface area contributed by atoms with E-state index < -0.39 is 0 Å². The fourth-order valence-corrected chi connectivity index (χ4v) is 2.37. The smallest absolute Gasteiger partial charge is 0.0948 e. The van der Waals surface area contributed by atoms with Gasteiger partial charge < -0.3 is 14.6 Å². The van der Waals surface area contributed by atoms with Crippen molar-refractivity contribution >= 4 is 0 Å². The summed E-state index contributed by atoms with van der Waals surface area (Å²) in [7, 11) is 0. The number of unbranched alkanes of at least 4 members (excludes halogenated alkanes) is 1. The average Bonchev–Trinajstić information content (AvgIpc) is 2.84. The molecule has 0 radical (unpaired) electrons. The minimum absolute atomic E-state index is 0.325. The van der Waals surface area contributed by atoms with E-state index in [1.807, 2.05) is 12.5 Å². The lowest BCUT2D eigenvalue weighted by Gasteiger charge is -2.32. The summed E-state index contributed by atoms with van der Waals surface area (Å²) >= 11 is 0. The second-order valence-electron chi connectivity index (χ2n) is 4.51. The molecule has 4 heteroatoms. The van der Waals surface area contributed by atoms with Crippen molar-refractivity contribution in [3.05, 3.63) is 18.7 Å². The van der Waals surface area contributed by atoms with Crippen LogP contribution in [-0.2, 0) is 0 Å². The van der Waals surface area contributed by atoms with Gasteiger partial charge >= 0.3 is 0 Å². The Bertz CT molecular complexity index is 278. The van der Waals surface area contributed by atoms with E-state index in [1.165, 1.54) is 25.9 Å². The van der Waals surface area contributed by atoms with Crippen LogP contribution in [0.1, 0.15) is 31.7 Å². The summed E-state index contributed by atoms with van der Waals surface area (Å²) < 4.78 is 2.23. The molecule has 1 aromatic heterocycles. The SMILES string of the molecule is OCCCCN1CCC(n2ccnc2)CC1. The summed E-state index contributed by atoms with van der Waals surface area (Å²) in [4.78, 5) is 6.60. The van der Waals surface area contributed by atoms with Crippen LogP contribution < -0.4 is 0 Å². The van der Waals surface area contributed by atoms with E-state index in [1.54, 1.807) is 0 Å². The van der Waals surface area contributed by atoms with Gasteiger partial charge in [-0.1, -0.05) is 0 Å². The Morgan fingerprint density at radius 1 is 1.25 bits per heavy atom. The van der Waals surface area contributed by atoms with Gasteiger partial charge in [0, 0.05) is 38.1 Å². The van der Waals surface area contributed by atoms with E-state index in [4.69, 9.17) is 5.11 Å². The Morgan fingerprint density at radius 2 is 2.06 bits per heavy atom. The van der Waals surface area contributed by atoms with Crippen molar-refractivity contribution < 1.29 is 5.11 Å². The van der Waals surface area contributed by atoms with Gasteiger partial charge in [-0.05, 0) is 32.2 Å². The predicted octanol–water partition coefficient (Wildman–Crippen LogP) is 1.29. The van der Waals surface area contributed by atoms with E-state index in [-0.39, 0.29) is 0 Å². The second kappa shape index (κ2) is 6.01. The van der Waals surface area contributed by atoms with Gasteiger partial charge in [0.25, 0.3) is 0 Å². The number of aliphatic hydroxyl groups excluding tert-OH is 1. The Hall–Kier alpha value is -0.870. The van der Waals surface area contributed by atoms with Crippen molar-refractivity contribution in [3.8, 4) is 0 Å². The zero-order valence-electron chi connectivity index (χ0n) is 9.76. The van der Waals surface area contributed by atoms with Gasteiger partial charge in [-0.25, -0.2) is 4.98 Å². The number of aromatic nitrogens is 2. The number of hydrogen-bond acceptors (Lipinski definition) is 3. The van der Waals surface area contributed by atoms with E-state index in [0.29, 0.717) is 12.6 Å². The molecule has 0 amide bonds. The Labute approximate surface area is 96.9 Å². The molecule has 2 heterocycles. The summed E-state index contributed by atoms with van der Waals surface area (Å²) in [6.45, 7) is 3.81. The number of rotatable bonds is 5. The molecule has 0 aliphatic carbocycles. The highest BCUT2D eigenvalue weighted by Crippen LogP contribution is 2.21. The maximum Gasteiger partial charge on any atom is 0.0948 e. The Morgan fingerprint density at radius 3 is 2.69 bits per heavy atom. The highest BCUT2D eigenvalue weighted by atomic mass is 16.2. The summed E-state index contributed by atoms with van der Waals surface area (Å²) in [5, 5.41) is 8.73.